The Balaban J connectivity index is 1.70. The van der Waals surface area contributed by atoms with Gasteiger partial charge in [-0.3, -0.25) is 0 Å². The number of fused-ring (bicyclic) bond motifs is 2. The van der Waals surface area contributed by atoms with Crippen molar-refractivity contribution in [2.75, 3.05) is 0 Å². The van der Waals surface area contributed by atoms with E-state index >= 15 is 0 Å². The fraction of sp³-hybridized carbons (Fsp3) is 0. The highest BCUT2D eigenvalue weighted by atomic mass is 35.5. The summed E-state index contributed by atoms with van der Waals surface area (Å²) < 4.78 is 11.8. The van der Waals surface area contributed by atoms with E-state index in [9.17, 15) is 9.59 Å². The van der Waals surface area contributed by atoms with Crippen LogP contribution in [0.2, 0.25) is 5.02 Å². The average molecular weight is 453 g/mol. The fourth-order valence-electron chi connectivity index (χ4n) is 3.74. The Morgan fingerprint density at radius 3 is 1.45 bits per heavy atom. The van der Waals surface area contributed by atoms with E-state index in [0.29, 0.717) is 49.2 Å². The summed E-state index contributed by atoms with van der Waals surface area (Å²) in [6, 6.07) is 30.0. The van der Waals surface area contributed by atoms with Crippen LogP contribution < -0.4 is 9.47 Å². The lowest BCUT2D eigenvalue weighted by Crippen LogP contribution is -2.11. The number of hydrogen-bond acceptors (Lipinski definition) is 4. The second kappa shape index (κ2) is 8.77. The average Bonchev–Trinajstić information content (AvgIpc) is 2.86. The van der Waals surface area contributed by atoms with Crippen LogP contribution in [0.3, 0.4) is 0 Å². The zero-order valence-corrected chi connectivity index (χ0v) is 18.1. The van der Waals surface area contributed by atoms with Crippen LogP contribution in [0.15, 0.2) is 103 Å². The Hall–Kier alpha value is -4.15. The number of esters is 2. The summed E-state index contributed by atoms with van der Waals surface area (Å²) in [5.74, 6) is -0.232. The molecule has 5 heteroatoms. The number of rotatable bonds is 4. The molecule has 0 aliphatic rings. The monoisotopic (exact) mass is 452 g/mol. The van der Waals surface area contributed by atoms with Crippen LogP contribution in [0, 0.1) is 0 Å². The molecule has 0 aliphatic heterocycles. The van der Waals surface area contributed by atoms with E-state index in [1.165, 1.54) is 0 Å². The molecule has 0 radical (unpaired) electrons. The molecule has 5 aromatic carbocycles. The van der Waals surface area contributed by atoms with E-state index < -0.39 is 11.9 Å². The van der Waals surface area contributed by atoms with Crippen LogP contribution >= 0.6 is 11.6 Å². The summed E-state index contributed by atoms with van der Waals surface area (Å²) in [6.45, 7) is 0. The third-order valence-electron chi connectivity index (χ3n) is 5.30. The lowest BCUT2D eigenvalue weighted by molar-refractivity contribution is 0.0726. The number of halogens is 1. The Labute approximate surface area is 194 Å². The molecule has 0 spiro atoms. The third kappa shape index (κ3) is 4.04. The molecular formula is C28H17ClO4. The predicted octanol–water partition coefficient (Wildman–Crippen LogP) is 7.08. The molecule has 0 bridgehead atoms. The van der Waals surface area contributed by atoms with Crippen molar-refractivity contribution in [1.29, 1.82) is 0 Å². The van der Waals surface area contributed by atoms with E-state index in [1.807, 2.05) is 36.4 Å². The molecule has 0 fully saturated rings. The first kappa shape index (κ1) is 20.7. The molecule has 160 valence electrons. The van der Waals surface area contributed by atoms with Gasteiger partial charge in [-0.15, -0.1) is 0 Å². The minimum Gasteiger partial charge on any atom is -0.422 e. The molecule has 0 heterocycles. The van der Waals surface area contributed by atoms with Crippen LogP contribution in [0.25, 0.3) is 21.5 Å². The molecule has 5 aromatic rings. The molecule has 0 aliphatic carbocycles. The van der Waals surface area contributed by atoms with Crippen molar-refractivity contribution in [3.63, 3.8) is 0 Å². The molecule has 0 aromatic heterocycles. The Kier molecular flexibility index (Phi) is 5.51. The maximum Gasteiger partial charge on any atom is 0.343 e. The van der Waals surface area contributed by atoms with Gasteiger partial charge in [0.25, 0.3) is 0 Å². The standard InChI is InChI=1S/C28H17ClO4/c29-20-15-16-23-24(17-20)26(33-28(31)19-11-5-2-6-12-19)22-14-8-7-13-21(22)25(23)32-27(30)18-9-3-1-4-10-18/h1-17H. The first-order valence-corrected chi connectivity index (χ1v) is 10.7. The van der Waals surface area contributed by atoms with Crippen molar-refractivity contribution in [2.45, 2.75) is 0 Å². The molecule has 0 amide bonds. The number of benzene rings is 5. The minimum absolute atomic E-state index is 0.358. The first-order valence-electron chi connectivity index (χ1n) is 10.3. The van der Waals surface area contributed by atoms with Gasteiger partial charge in [0.1, 0.15) is 11.5 Å². The zero-order valence-electron chi connectivity index (χ0n) is 17.3. The number of hydrogen-bond donors (Lipinski definition) is 0. The molecule has 4 nitrogen and oxygen atoms in total. The van der Waals surface area contributed by atoms with Crippen LogP contribution in [-0.2, 0) is 0 Å². The van der Waals surface area contributed by atoms with Gasteiger partial charge < -0.3 is 9.47 Å². The van der Waals surface area contributed by atoms with Gasteiger partial charge in [0.2, 0.25) is 0 Å². The topological polar surface area (TPSA) is 52.6 Å². The van der Waals surface area contributed by atoms with Gasteiger partial charge in [-0.1, -0.05) is 72.3 Å². The van der Waals surface area contributed by atoms with Crippen molar-refractivity contribution < 1.29 is 19.1 Å². The normalized spacial score (nSPS) is 10.8. The van der Waals surface area contributed by atoms with Crippen LogP contribution in [0.1, 0.15) is 20.7 Å². The van der Waals surface area contributed by atoms with Gasteiger partial charge in [-0.05, 0) is 42.5 Å². The Morgan fingerprint density at radius 1 is 0.515 bits per heavy atom. The number of carbonyl (C=O) groups is 2. The first-order chi connectivity index (χ1) is 16.1. The molecule has 0 unspecified atom stereocenters. The molecular weight excluding hydrogens is 436 g/mol. The molecule has 0 saturated carbocycles. The highest BCUT2D eigenvalue weighted by Crippen LogP contribution is 2.44. The van der Waals surface area contributed by atoms with Crippen molar-refractivity contribution >= 4 is 45.1 Å². The number of ether oxygens (including phenoxy) is 2. The van der Waals surface area contributed by atoms with E-state index in [4.69, 9.17) is 21.1 Å². The van der Waals surface area contributed by atoms with Crippen LogP contribution in [0.5, 0.6) is 11.5 Å². The molecule has 0 saturated heterocycles. The highest BCUT2D eigenvalue weighted by molar-refractivity contribution is 6.32. The van der Waals surface area contributed by atoms with Gasteiger partial charge in [-0.25, -0.2) is 9.59 Å². The second-order valence-electron chi connectivity index (χ2n) is 7.40. The van der Waals surface area contributed by atoms with E-state index in [2.05, 4.69) is 0 Å². The van der Waals surface area contributed by atoms with Crippen LogP contribution in [0.4, 0.5) is 0 Å². The van der Waals surface area contributed by atoms with Gasteiger partial charge in [0, 0.05) is 26.6 Å². The fourth-order valence-corrected chi connectivity index (χ4v) is 3.92. The SMILES string of the molecule is O=C(Oc1c2ccccc2c(OC(=O)c2ccccc2)c2cc(Cl)ccc12)c1ccccc1. The second-order valence-corrected chi connectivity index (χ2v) is 7.84. The van der Waals surface area contributed by atoms with Gasteiger partial charge in [0.15, 0.2) is 0 Å². The van der Waals surface area contributed by atoms with E-state index in [1.54, 1.807) is 66.7 Å². The predicted molar refractivity (Wildman–Crippen MR) is 129 cm³/mol. The quantitative estimate of drug-likeness (QED) is 0.166. The molecule has 5 rings (SSSR count). The molecule has 33 heavy (non-hydrogen) atoms. The highest BCUT2D eigenvalue weighted by Gasteiger charge is 2.21. The Bertz CT molecular complexity index is 1490. The maximum atomic E-state index is 12.9. The van der Waals surface area contributed by atoms with E-state index in [0.717, 1.165) is 0 Å². The lowest BCUT2D eigenvalue weighted by atomic mass is 10.0. The van der Waals surface area contributed by atoms with E-state index in [-0.39, 0.29) is 0 Å². The summed E-state index contributed by atoms with van der Waals surface area (Å²) in [7, 11) is 0. The Morgan fingerprint density at radius 2 is 0.939 bits per heavy atom. The summed E-state index contributed by atoms with van der Waals surface area (Å²) in [4.78, 5) is 25.8. The van der Waals surface area contributed by atoms with Gasteiger partial charge in [0.05, 0.1) is 11.1 Å². The maximum absolute atomic E-state index is 12.9. The van der Waals surface area contributed by atoms with Crippen molar-refractivity contribution in [1.82, 2.24) is 0 Å². The van der Waals surface area contributed by atoms with Gasteiger partial charge in [-0.2, -0.15) is 0 Å². The molecule has 0 N–H and O–H groups in total. The number of carbonyl (C=O) groups excluding carboxylic acids is 2. The van der Waals surface area contributed by atoms with Crippen LogP contribution in [-0.4, -0.2) is 11.9 Å². The van der Waals surface area contributed by atoms with Crippen molar-refractivity contribution in [2.24, 2.45) is 0 Å². The summed E-state index contributed by atoms with van der Waals surface area (Å²) in [5, 5.41) is 2.93. The zero-order chi connectivity index (χ0) is 22.8. The van der Waals surface area contributed by atoms with Gasteiger partial charge >= 0.3 is 11.9 Å². The van der Waals surface area contributed by atoms with Crippen molar-refractivity contribution in [3.8, 4) is 11.5 Å². The minimum atomic E-state index is -0.490. The largest absolute Gasteiger partial charge is 0.422 e. The third-order valence-corrected chi connectivity index (χ3v) is 5.53. The summed E-state index contributed by atoms with van der Waals surface area (Å²) >= 11 is 6.30. The summed E-state index contributed by atoms with van der Waals surface area (Å²) in [6.07, 6.45) is 0. The summed E-state index contributed by atoms with van der Waals surface area (Å²) in [5.41, 5.74) is 0.861. The smallest absolute Gasteiger partial charge is 0.343 e. The molecule has 0 atom stereocenters. The lowest BCUT2D eigenvalue weighted by Gasteiger charge is -2.16. The van der Waals surface area contributed by atoms with Crippen molar-refractivity contribution in [3.05, 3.63) is 119 Å².